The maximum atomic E-state index is 12.9. The van der Waals surface area contributed by atoms with Crippen molar-refractivity contribution in [3.05, 3.63) is 53.3 Å². The average Bonchev–Trinajstić information content (AvgIpc) is 3.06. The quantitative estimate of drug-likeness (QED) is 0.636. The van der Waals surface area contributed by atoms with Crippen molar-refractivity contribution in [3.63, 3.8) is 0 Å². The Morgan fingerprint density at radius 3 is 2.46 bits per heavy atom. The van der Waals surface area contributed by atoms with Gasteiger partial charge < -0.3 is 4.42 Å². The van der Waals surface area contributed by atoms with Gasteiger partial charge in [-0.15, -0.1) is 0 Å². The molecule has 1 aliphatic heterocycles. The lowest BCUT2D eigenvalue weighted by atomic mass is 10.1. The normalized spacial score (nSPS) is 16.9. The van der Waals surface area contributed by atoms with Crippen LogP contribution in [0.5, 0.6) is 0 Å². The van der Waals surface area contributed by atoms with Gasteiger partial charge in [0.15, 0.2) is 0 Å². The summed E-state index contributed by atoms with van der Waals surface area (Å²) in [6.07, 6.45) is -3.34. The Kier molecular flexibility index (Phi) is 4.84. The molecule has 6 nitrogen and oxygen atoms in total. The Morgan fingerprint density at radius 1 is 1.11 bits per heavy atom. The molecule has 2 aromatic rings. The molecule has 3 rings (SSSR count). The van der Waals surface area contributed by atoms with E-state index < -0.39 is 35.6 Å². The number of urea groups is 1. The van der Waals surface area contributed by atoms with Crippen LogP contribution in [0.2, 0.25) is 0 Å². The Labute approximate surface area is 157 Å². The van der Waals surface area contributed by atoms with Crippen molar-refractivity contribution >= 4 is 23.9 Å². The number of carbonyl (C=O) groups is 3. The molecule has 1 saturated heterocycles. The summed E-state index contributed by atoms with van der Waals surface area (Å²) in [6.45, 7) is 3.23. The van der Waals surface area contributed by atoms with E-state index >= 15 is 0 Å². The molecule has 1 aromatic heterocycles. The zero-order chi connectivity index (χ0) is 20.6. The molecule has 1 N–H and O–H groups in total. The molecule has 0 spiro atoms. The van der Waals surface area contributed by atoms with Crippen LogP contribution >= 0.6 is 0 Å². The number of furan rings is 1. The zero-order valence-corrected chi connectivity index (χ0v) is 14.8. The zero-order valence-electron chi connectivity index (χ0n) is 14.8. The lowest BCUT2D eigenvalue weighted by Gasteiger charge is -2.29. The third-order valence-electron chi connectivity index (χ3n) is 4.04. The fraction of sp³-hybridized carbons (Fsp3) is 0.211. The van der Waals surface area contributed by atoms with Gasteiger partial charge in [0.1, 0.15) is 17.1 Å². The summed E-state index contributed by atoms with van der Waals surface area (Å²) in [5.41, 5.74) is -0.939. The van der Waals surface area contributed by atoms with E-state index in [1.54, 1.807) is 13.8 Å². The van der Waals surface area contributed by atoms with E-state index in [2.05, 4.69) is 5.32 Å². The van der Waals surface area contributed by atoms with Crippen molar-refractivity contribution in [2.75, 3.05) is 0 Å². The highest BCUT2D eigenvalue weighted by Crippen LogP contribution is 2.33. The molecule has 0 bridgehead atoms. The number of carbonyl (C=O) groups excluding carboxylic acids is 3. The highest BCUT2D eigenvalue weighted by molar-refractivity contribution is 6.31. The molecule has 146 valence electrons. The van der Waals surface area contributed by atoms with E-state index in [4.69, 9.17) is 4.42 Å². The van der Waals surface area contributed by atoms with Crippen LogP contribution < -0.4 is 5.32 Å². The SMILES string of the molecule is CC(C)N1C(=O)NC(=O)/C(=C/c2ccc(-c3cccc(C(F)(F)F)c3)o2)C1=O. The topological polar surface area (TPSA) is 79.6 Å². The molecular formula is C19H15F3N2O4. The minimum Gasteiger partial charge on any atom is -0.457 e. The van der Waals surface area contributed by atoms with Gasteiger partial charge >= 0.3 is 12.2 Å². The second kappa shape index (κ2) is 6.99. The fourth-order valence-corrected chi connectivity index (χ4v) is 2.72. The average molecular weight is 392 g/mol. The highest BCUT2D eigenvalue weighted by Gasteiger charge is 2.37. The van der Waals surface area contributed by atoms with E-state index in [1.165, 1.54) is 24.3 Å². The second-order valence-electron chi connectivity index (χ2n) is 6.37. The number of imide groups is 2. The van der Waals surface area contributed by atoms with Crippen LogP contribution in [-0.4, -0.2) is 28.8 Å². The Morgan fingerprint density at radius 2 is 1.82 bits per heavy atom. The summed E-state index contributed by atoms with van der Waals surface area (Å²) in [7, 11) is 0. The smallest absolute Gasteiger partial charge is 0.416 e. The second-order valence-corrected chi connectivity index (χ2v) is 6.37. The summed E-state index contributed by atoms with van der Waals surface area (Å²) < 4.78 is 44.1. The highest BCUT2D eigenvalue weighted by atomic mass is 19.4. The molecule has 1 aromatic carbocycles. The van der Waals surface area contributed by atoms with Gasteiger partial charge in [-0.2, -0.15) is 13.2 Å². The number of hydrogen-bond acceptors (Lipinski definition) is 4. The van der Waals surface area contributed by atoms with Gasteiger partial charge in [0.2, 0.25) is 0 Å². The number of hydrogen-bond donors (Lipinski definition) is 1. The molecule has 0 saturated carbocycles. The van der Waals surface area contributed by atoms with Crippen LogP contribution in [0.25, 0.3) is 17.4 Å². The van der Waals surface area contributed by atoms with E-state index in [9.17, 15) is 27.6 Å². The van der Waals surface area contributed by atoms with Crippen molar-refractivity contribution in [1.82, 2.24) is 10.2 Å². The number of rotatable bonds is 3. The number of halogens is 3. The monoisotopic (exact) mass is 392 g/mol. The minimum atomic E-state index is -4.49. The van der Waals surface area contributed by atoms with Gasteiger partial charge in [0.25, 0.3) is 11.8 Å². The Balaban J connectivity index is 1.93. The van der Waals surface area contributed by atoms with Crippen LogP contribution in [0.1, 0.15) is 25.2 Å². The molecular weight excluding hydrogens is 377 g/mol. The molecule has 0 unspecified atom stereocenters. The first-order valence-corrected chi connectivity index (χ1v) is 8.26. The Hall–Kier alpha value is -3.36. The van der Waals surface area contributed by atoms with E-state index in [0.29, 0.717) is 0 Å². The minimum absolute atomic E-state index is 0.0870. The standard InChI is InChI=1S/C19H15F3N2O4/c1-10(2)24-17(26)14(16(25)23-18(24)27)9-13-6-7-15(28-13)11-4-3-5-12(8-11)19(20,21)22/h3-10H,1-2H3,(H,23,25,27)/b14-9-. The van der Waals surface area contributed by atoms with Gasteiger partial charge in [0.05, 0.1) is 5.56 Å². The molecule has 1 aliphatic rings. The number of benzene rings is 1. The molecule has 1 fully saturated rings. The van der Waals surface area contributed by atoms with Crippen LogP contribution in [0.3, 0.4) is 0 Å². The molecule has 0 atom stereocenters. The van der Waals surface area contributed by atoms with E-state index in [0.717, 1.165) is 23.1 Å². The largest absolute Gasteiger partial charge is 0.457 e. The summed E-state index contributed by atoms with van der Waals surface area (Å²) in [4.78, 5) is 37.1. The van der Waals surface area contributed by atoms with Crippen LogP contribution in [0, 0.1) is 0 Å². The van der Waals surface area contributed by atoms with Gasteiger partial charge in [-0.05, 0) is 44.2 Å². The van der Waals surface area contributed by atoms with Crippen LogP contribution in [-0.2, 0) is 15.8 Å². The number of amides is 4. The summed E-state index contributed by atoms with van der Waals surface area (Å²) in [5, 5.41) is 2.07. The molecule has 2 heterocycles. The summed E-state index contributed by atoms with van der Waals surface area (Å²) >= 11 is 0. The van der Waals surface area contributed by atoms with Crippen molar-refractivity contribution in [2.45, 2.75) is 26.1 Å². The van der Waals surface area contributed by atoms with Crippen LogP contribution in [0.15, 0.2) is 46.4 Å². The first-order valence-electron chi connectivity index (χ1n) is 8.26. The van der Waals surface area contributed by atoms with Crippen molar-refractivity contribution < 1.29 is 32.0 Å². The summed E-state index contributed by atoms with van der Waals surface area (Å²) in [5.74, 6) is -1.42. The van der Waals surface area contributed by atoms with Gasteiger partial charge in [-0.3, -0.25) is 19.8 Å². The Bertz CT molecular complexity index is 989. The third kappa shape index (κ3) is 3.68. The van der Waals surface area contributed by atoms with Crippen molar-refractivity contribution in [2.24, 2.45) is 0 Å². The maximum absolute atomic E-state index is 12.9. The molecule has 4 amide bonds. The van der Waals surface area contributed by atoms with Gasteiger partial charge in [-0.25, -0.2) is 4.79 Å². The van der Waals surface area contributed by atoms with Gasteiger partial charge in [0, 0.05) is 11.6 Å². The number of nitrogens with zero attached hydrogens (tertiary/aromatic N) is 1. The lowest BCUT2D eigenvalue weighted by Crippen LogP contribution is -2.56. The van der Waals surface area contributed by atoms with Gasteiger partial charge in [-0.1, -0.05) is 12.1 Å². The predicted molar refractivity (Wildman–Crippen MR) is 92.6 cm³/mol. The first-order chi connectivity index (χ1) is 13.1. The number of nitrogens with one attached hydrogen (secondary N) is 1. The molecule has 9 heteroatoms. The van der Waals surface area contributed by atoms with Crippen molar-refractivity contribution in [3.8, 4) is 11.3 Å². The number of barbiturate groups is 1. The van der Waals surface area contributed by atoms with Crippen LogP contribution in [0.4, 0.5) is 18.0 Å². The first kappa shape index (κ1) is 19.4. The predicted octanol–water partition coefficient (Wildman–Crippen LogP) is 3.84. The maximum Gasteiger partial charge on any atom is 0.416 e. The molecule has 0 radical (unpaired) electrons. The van der Waals surface area contributed by atoms with E-state index in [-0.39, 0.29) is 22.7 Å². The van der Waals surface area contributed by atoms with Crippen molar-refractivity contribution in [1.29, 1.82) is 0 Å². The van der Waals surface area contributed by atoms with E-state index in [1.807, 2.05) is 0 Å². The fourth-order valence-electron chi connectivity index (χ4n) is 2.72. The molecule has 0 aliphatic carbocycles. The third-order valence-corrected chi connectivity index (χ3v) is 4.04. The lowest BCUT2D eigenvalue weighted by molar-refractivity contribution is -0.137. The summed E-state index contributed by atoms with van der Waals surface area (Å²) in [6, 6.07) is 6.14. The number of alkyl halides is 3. The molecule has 28 heavy (non-hydrogen) atoms.